The fraction of sp³-hybridized carbons (Fsp3) is 0.192. The smallest absolute Gasteiger partial charge is 0.342 e. The molecule has 33 heavy (non-hydrogen) atoms. The second kappa shape index (κ2) is 9.83. The second-order valence-electron chi connectivity index (χ2n) is 7.47. The van der Waals surface area contributed by atoms with E-state index in [9.17, 15) is 9.59 Å². The SMILES string of the molecule is CCc1ccc(N(C(C)=O)c2nc(COC(=O)c3cc4ccccc4cc3OC)cs2)cc1. The molecule has 0 bridgehead atoms. The van der Waals surface area contributed by atoms with Crippen molar-refractivity contribution in [3.63, 3.8) is 0 Å². The molecule has 0 N–H and O–H groups in total. The van der Waals surface area contributed by atoms with Gasteiger partial charge in [-0.3, -0.25) is 9.69 Å². The van der Waals surface area contributed by atoms with E-state index in [2.05, 4.69) is 11.9 Å². The number of amides is 1. The minimum atomic E-state index is -0.495. The van der Waals surface area contributed by atoms with Crippen molar-refractivity contribution in [2.24, 2.45) is 0 Å². The molecule has 0 aliphatic carbocycles. The van der Waals surface area contributed by atoms with E-state index in [1.165, 1.54) is 30.9 Å². The maximum Gasteiger partial charge on any atom is 0.342 e. The second-order valence-corrected chi connectivity index (χ2v) is 8.31. The summed E-state index contributed by atoms with van der Waals surface area (Å²) in [5, 5.41) is 4.22. The average Bonchev–Trinajstić information content (AvgIpc) is 3.30. The van der Waals surface area contributed by atoms with E-state index in [-0.39, 0.29) is 12.5 Å². The summed E-state index contributed by atoms with van der Waals surface area (Å²) in [6, 6.07) is 19.1. The fourth-order valence-corrected chi connectivity index (χ4v) is 4.41. The van der Waals surface area contributed by atoms with Gasteiger partial charge in [-0.2, -0.15) is 0 Å². The zero-order valence-electron chi connectivity index (χ0n) is 18.7. The predicted octanol–water partition coefficient (Wildman–Crippen LogP) is 5.91. The molecule has 0 aliphatic heterocycles. The van der Waals surface area contributed by atoms with Crippen LogP contribution in [-0.2, 0) is 22.6 Å². The highest BCUT2D eigenvalue weighted by Gasteiger charge is 2.20. The van der Waals surface area contributed by atoms with Crippen molar-refractivity contribution in [3.8, 4) is 5.75 Å². The number of benzene rings is 3. The molecule has 1 aromatic heterocycles. The van der Waals surface area contributed by atoms with E-state index in [1.807, 2.05) is 54.6 Å². The molecule has 168 valence electrons. The first-order valence-corrected chi connectivity index (χ1v) is 11.5. The summed E-state index contributed by atoms with van der Waals surface area (Å²) in [4.78, 5) is 31.2. The van der Waals surface area contributed by atoms with E-state index in [1.54, 1.807) is 16.3 Å². The normalized spacial score (nSPS) is 10.8. The number of carbonyl (C=O) groups excluding carboxylic acids is 2. The standard InChI is InChI=1S/C26H24N2O4S/c1-4-18-9-11-22(12-10-18)28(17(2)29)26-27-21(16-33-26)15-32-25(30)23-13-19-7-5-6-8-20(19)14-24(23)31-3/h5-14,16H,4,15H2,1-3H3. The van der Waals surface area contributed by atoms with Gasteiger partial charge in [0.15, 0.2) is 5.13 Å². The van der Waals surface area contributed by atoms with Crippen molar-refractivity contribution >= 4 is 44.8 Å². The first kappa shape index (κ1) is 22.5. The third-order valence-corrected chi connectivity index (χ3v) is 6.16. The maximum atomic E-state index is 12.8. The van der Waals surface area contributed by atoms with Gasteiger partial charge >= 0.3 is 5.97 Å². The number of nitrogens with zero attached hydrogens (tertiary/aromatic N) is 2. The summed E-state index contributed by atoms with van der Waals surface area (Å²) in [6.07, 6.45) is 0.926. The number of carbonyl (C=O) groups is 2. The molecule has 0 spiro atoms. The summed E-state index contributed by atoms with van der Waals surface area (Å²) in [5.74, 6) is -0.181. The van der Waals surface area contributed by atoms with Gasteiger partial charge in [0.1, 0.15) is 17.9 Å². The Bertz CT molecular complexity index is 1300. The van der Waals surface area contributed by atoms with Crippen LogP contribution in [0.5, 0.6) is 5.75 Å². The molecule has 0 fully saturated rings. The Labute approximate surface area is 196 Å². The highest BCUT2D eigenvalue weighted by molar-refractivity contribution is 7.14. The monoisotopic (exact) mass is 460 g/mol. The molecule has 6 nitrogen and oxygen atoms in total. The Hall–Kier alpha value is -3.71. The number of aromatic nitrogens is 1. The number of aryl methyl sites for hydroxylation is 1. The number of hydrogen-bond acceptors (Lipinski definition) is 6. The predicted molar refractivity (Wildman–Crippen MR) is 130 cm³/mol. The highest BCUT2D eigenvalue weighted by atomic mass is 32.1. The lowest BCUT2D eigenvalue weighted by atomic mass is 10.1. The molecule has 7 heteroatoms. The van der Waals surface area contributed by atoms with E-state index >= 15 is 0 Å². The number of fused-ring (bicyclic) bond motifs is 1. The Balaban J connectivity index is 1.51. The largest absolute Gasteiger partial charge is 0.496 e. The van der Waals surface area contributed by atoms with Crippen LogP contribution >= 0.6 is 11.3 Å². The van der Waals surface area contributed by atoms with Crippen LogP contribution in [0.1, 0.15) is 35.5 Å². The first-order valence-electron chi connectivity index (χ1n) is 10.6. The Morgan fingerprint density at radius 3 is 2.36 bits per heavy atom. The molecular weight excluding hydrogens is 436 g/mol. The van der Waals surface area contributed by atoms with Crippen molar-refractivity contribution < 1.29 is 19.1 Å². The molecule has 0 atom stereocenters. The van der Waals surface area contributed by atoms with Crippen LogP contribution in [0.3, 0.4) is 0 Å². The molecule has 4 rings (SSSR count). The molecule has 3 aromatic carbocycles. The van der Waals surface area contributed by atoms with Gasteiger partial charge in [-0.25, -0.2) is 9.78 Å². The molecule has 1 heterocycles. The van der Waals surface area contributed by atoms with Gasteiger partial charge in [-0.05, 0) is 47.0 Å². The number of hydrogen-bond donors (Lipinski definition) is 0. The van der Waals surface area contributed by atoms with Gasteiger partial charge < -0.3 is 9.47 Å². The molecule has 1 amide bonds. The van der Waals surface area contributed by atoms with Crippen LogP contribution in [-0.4, -0.2) is 24.0 Å². The van der Waals surface area contributed by atoms with Crippen LogP contribution in [0.2, 0.25) is 0 Å². The Kier molecular flexibility index (Phi) is 6.70. The first-order chi connectivity index (χ1) is 16.0. The average molecular weight is 461 g/mol. The molecular formula is C26H24N2O4S. The zero-order valence-corrected chi connectivity index (χ0v) is 19.5. The Morgan fingerprint density at radius 1 is 1.03 bits per heavy atom. The number of rotatable bonds is 7. The quantitative estimate of drug-likeness (QED) is 0.321. The molecule has 0 aliphatic rings. The number of ether oxygens (including phenoxy) is 2. The van der Waals surface area contributed by atoms with Crippen LogP contribution in [0, 0.1) is 0 Å². The maximum absolute atomic E-state index is 12.8. The molecule has 4 aromatic rings. The minimum Gasteiger partial charge on any atom is -0.496 e. The van der Waals surface area contributed by atoms with Gasteiger partial charge in [-0.1, -0.05) is 43.3 Å². The zero-order chi connectivity index (χ0) is 23.4. The van der Waals surface area contributed by atoms with Crippen LogP contribution < -0.4 is 9.64 Å². The molecule has 0 radical (unpaired) electrons. The summed E-state index contributed by atoms with van der Waals surface area (Å²) >= 11 is 1.33. The van der Waals surface area contributed by atoms with Gasteiger partial charge in [-0.15, -0.1) is 11.3 Å². The fourth-order valence-electron chi connectivity index (χ4n) is 3.54. The topological polar surface area (TPSA) is 68.7 Å². The lowest BCUT2D eigenvalue weighted by Crippen LogP contribution is -2.22. The van der Waals surface area contributed by atoms with Crippen molar-refractivity contribution in [1.82, 2.24) is 4.98 Å². The van der Waals surface area contributed by atoms with Crippen molar-refractivity contribution in [2.45, 2.75) is 26.9 Å². The number of anilines is 2. The van der Waals surface area contributed by atoms with E-state index < -0.39 is 5.97 Å². The lowest BCUT2D eigenvalue weighted by Gasteiger charge is -2.18. The van der Waals surface area contributed by atoms with Crippen LogP contribution in [0.4, 0.5) is 10.8 Å². The van der Waals surface area contributed by atoms with Crippen LogP contribution in [0.15, 0.2) is 66.0 Å². The minimum absolute atomic E-state index is 0.00810. The van der Waals surface area contributed by atoms with Crippen molar-refractivity contribution in [3.05, 3.63) is 82.9 Å². The van der Waals surface area contributed by atoms with Crippen LogP contribution in [0.25, 0.3) is 10.8 Å². The summed E-state index contributed by atoms with van der Waals surface area (Å²) in [6.45, 7) is 3.58. The number of methoxy groups -OCH3 is 1. The Morgan fingerprint density at radius 2 is 1.73 bits per heavy atom. The summed E-state index contributed by atoms with van der Waals surface area (Å²) in [7, 11) is 1.52. The van der Waals surface area contributed by atoms with Crippen molar-refractivity contribution in [2.75, 3.05) is 12.0 Å². The summed E-state index contributed by atoms with van der Waals surface area (Å²) in [5.41, 5.74) is 2.86. The van der Waals surface area contributed by atoms with Crippen molar-refractivity contribution in [1.29, 1.82) is 0 Å². The third kappa shape index (κ3) is 4.88. The van der Waals surface area contributed by atoms with Gasteiger partial charge in [0.05, 0.1) is 18.5 Å². The van der Waals surface area contributed by atoms with Gasteiger partial charge in [0, 0.05) is 12.3 Å². The van der Waals surface area contributed by atoms with E-state index in [0.29, 0.717) is 22.1 Å². The number of esters is 1. The number of thiazole rings is 1. The summed E-state index contributed by atoms with van der Waals surface area (Å²) < 4.78 is 10.9. The molecule has 0 saturated heterocycles. The van der Waals surface area contributed by atoms with Gasteiger partial charge in [0.25, 0.3) is 0 Å². The third-order valence-electron chi connectivity index (χ3n) is 5.29. The molecule has 0 unspecified atom stereocenters. The van der Waals surface area contributed by atoms with E-state index in [0.717, 1.165) is 22.9 Å². The van der Waals surface area contributed by atoms with E-state index in [4.69, 9.17) is 9.47 Å². The van der Waals surface area contributed by atoms with Gasteiger partial charge in [0.2, 0.25) is 5.91 Å². The highest BCUT2D eigenvalue weighted by Crippen LogP contribution is 2.30. The lowest BCUT2D eigenvalue weighted by molar-refractivity contribution is -0.115. The molecule has 0 saturated carbocycles.